The molecule has 1 unspecified atom stereocenters. The molecule has 1 fully saturated rings. The predicted octanol–water partition coefficient (Wildman–Crippen LogP) is 4.90. The molecule has 3 aromatic rings. The minimum atomic E-state index is -0.593. The van der Waals surface area contributed by atoms with Gasteiger partial charge in [0.2, 0.25) is 11.8 Å². The van der Waals surface area contributed by atoms with Crippen molar-refractivity contribution in [3.8, 4) is 5.75 Å². The van der Waals surface area contributed by atoms with Gasteiger partial charge in [-0.25, -0.2) is 4.99 Å². The number of para-hydroxylation sites is 1. The molecule has 33 heavy (non-hydrogen) atoms. The van der Waals surface area contributed by atoms with E-state index in [-0.39, 0.29) is 24.8 Å². The van der Waals surface area contributed by atoms with E-state index in [1.54, 1.807) is 29.3 Å². The van der Waals surface area contributed by atoms with Crippen LogP contribution in [0, 0.1) is 0 Å². The number of thioether (sulfide) groups is 1. The van der Waals surface area contributed by atoms with Crippen molar-refractivity contribution in [3.63, 3.8) is 0 Å². The predicted molar refractivity (Wildman–Crippen MR) is 131 cm³/mol. The topological polar surface area (TPSA) is 83.9 Å². The second kappa shape index (κ2) is 10.5. The highest BCUT2D eigenvalue weighted by Crippen LogP contribution is 2.33. The first-order chi connectivity index (χ1) is 16.0. The summed E-state index contributed by atoms with van der Waals surface area (Å²) in [4.78, 5) is 36.5. The number of hydrogen-bond acceptors (Lipinski definition) is 6. The summed E-state index contributed by atoms with van der Waals surface area (Å²) >= 11 is 7.42. The fourth-order valence-corrected chi connectivity index (χ4v) is 4.68. The Morgan fingerprint density at radius 1 is 1.18 bits per heavy atom. The molecule has 4 rings (SSSR count). The van der Waals surface area contributed by atoms with Crippen molar-refractivity contribution in [3.05, 3.63) is 83.6 Å². The van der Waals surface area contributed by atoms with Gasteiger partial charge < -0.3 is 10.1 Å². The van der Waals surface area contributed by atoms with Crippen LogP contribution in [0.2, 0.25) is 5.02 Å². The molecule has 0 bridgehead atoms. The van der Waals surface area contributed by atoms with E-state index in [2.05, 4.69) is 15.3 Å². The molecule has 1 aliphatic heterocycles. The maximum absolute atomic E-state index is 13.2. The van der Waals surface area contributed by atoms with Crippen LogP contribution in [-0.2, 0) is 16.1 Å². The largest absolute Gasteiger partial charge is 0.495 e. The number of nitrogens with one attached hydrogen (secondary N) is 1. The van der Waals surface area contributed by atoms with E-state index >= 15 is 0 Å². The van der Waals surface area contributed by atoms with Crippen LogP contribution in [0.25, 0.3) is 0 Å². The third kappa shape index (κ3) is 5.71. The number of amidine groups is 1. The molecule has 0 spiro atoms. The van der Waals surface area contributed by atoms with E-state index in [9.17, 15) is 9.59 Å². The van der Waals surface area contributed by atoms with Crippen LogP contribution >= 0.6 is 23.4 Å². The number of pyridine rings is 1. The molecule has 168 valence electrons. The summed E-state index contributed by atoms with van der Waals surface area (Å²) < 4.78 is 5.13. The molecule has 2 amide bonds. The Hall–Kier alpha value is -3.36. The first kappa shape index (κ1) is 22.8. The third-order valence-corrected chi connectivity index (χ3v) is 6.32. The monoisotopic (exact) mass is 480 g/mol. The number of hydrogen-bond donors (Lipinski definition) is 1. The normalized spacial score (nSPS) is 16.8. The molecule has 1 aromatic heterocycles. The number of rotatable bonds is 7. The molecule has 2 aromatic carbocycles. The van der Waals surface area contributed by atoms with E-state index in [0.29, 0.717) is 21.6 Å². The Kier molecular flexibility index (Phi) is 7.26. The molecular formula is C24H21ClN4O3S. The molecule has 1 N–H and O–H groups in total. The fourth-order valence-electron chi connectivity index (χ4n) is 3.26. The lowest BCUT2D eigenvalue weighted by molar-refractivity contribution is -0.128. The molecule has 1 aliphatic rings. The van der Waals surface area contributed by atoms with Crippen molar-refractivity contribution < 1.29 is 14.3 Å². The number of benzene rings is 2. The molecular weight excluding hydrogens is 460 g/mol. The van der Waals surface area contributed by atoms with Crippen molar-refractivity contribution >= 4 is 51.7 Å². The van der Waals surface area contributed by atoms with Crippen LogP contribution in [0.15, 0.2) is 77.9 Å². The first-order valence-electron chi connectivity index (χ1n) is 10.2. The molecule has 0 saturated carbocycles. The SMILES string of the molecule is COc1ccc(NC(=O)CC2SC(=Nc3ccccc3)N(Cc3ccccn3)C2=O)cc1Cl. The summed E-state index contributed by atoms with van der Waals surface area (Å²) in [7, 11) is 1.52. The highest BCUT2D eigenvalue weighted by molar-refractivity contribution is 8.15. The molecule has 1 saturated heterocycles. The van der Waals surface area contributed by atoms with Gasteiger partial charge in [-0.3, -0.25) is 19.5 Å². The van der Waals surface area contributed by atoms with E-state index in [0.717, 1.165) is 11.4 Å². The zero-order valence-electron chi connectivity index (χ0n) is 17.8. The number of amides is 2. The van der Waals surface area contributed by atoms with Crippen molar-refractivity contribution in [2.45, 2.75) is 18.2 Å². The number of ether oxygens (including phenoxy) is 1. The molecule has 0 radical (unpaired) electrons. The number of methoxy groups -OCH3 is 1. The maximum Gasteiger partial charge on any atom is 0.243 e. The van der Waals surface area contributed by atoms with Gasteiger partial charge in [-0.2, -0.15) is 0 Å². The lowest BCUT2D eigenvalue weighted by Crippen LogP contribution is -2.33. The Morgan fingerprint density at radius 2 is 1.97 bits per heavy atom. The summed E-state index contributed by atoms with van der Waals surface area (Å²) in [5.41, 5.74) is 2.01. The number of aliphatic imine (C=N–C) groups is 1. The van der Waals surface area contributed by atoms with Gasteiger partial charge in [-0.15, -0.1) is 0 Å². The van der Waals surface area contributed by atoms with Gasteiger partial charge in [-0.1, -0.05) is 47.6 Å². The van der Waals surface area contributed by atoms with Crippen LogP contribution in [0.4, 0.5) is 11.4 Å². The minimum Gasteiger partial charge on any atom is -0.495 e. The number of carbonyl (C=O) groups excluding carboxylic acids is 2. The second-order valence-electron chi connectivity index (χ2n) is 7.18. The summed E-state index contributed by atoms with van der Waals surface area (Å²) in [6.45, 7) is 0.282. The Bertz CT molecular complexity index is 1170. The Labute approximate surface area is 200 Å². The van der Waals surface area contributed by atoms with Gasteiger partial charge in [-0.05, 0) is 42.5 Å². The second-order valence-corrected chi connectivity index (χ2v) is 8.76. The van der Waals surface area contributed by atoms with E-state index in [1.807, 2.05) is 48.5 Å². The highest BCUT2D eigenvalue weighted by atomic mass is 35.5. The van der Waals surface area contributed by atoms with Crippen LogP contribution in [0.5, 0.6) is 5.75 Å². The summed E-state index contributed by atoms with van der Waals surface area (Å²) in [6.07, 6.45) is 1.68. The van der Waals surface area contributed by atoms with E-state index in [4.69, 9.17) is 16.3 Å². The lowest BCUT2D eigenvalue weighted by atomic mass is 10.2. The summed E-state index contributed by atoms with van der Waals surface area (Å²) in [6, 6.07) is 19.9. The van der Waals surface area contributed by atoms with Gasteiger partial charge in [0.25, 0.3) is 0 Å². The molecule has 2 heterocycles. The van der Waals surface area contributed by atoms with Gasteiger partial charge in [0.15, 0.2) is 5.17 Å². The van der Waals surface area contributed by atoms with Gasteiger partial charge in [0.05, 0.1) is 30.1 Å². The molecule has 0 aliphatic carbocycles. The van der Waals surface area contributed by atoms with E-state index in [1.165, 1.54) is 18.9 Å². The van der Waals surface area contributed by atoms with Gasteiger partial charge >= 0.3 is 0 Å². The fraction of sp³-hybridized carbons (Fsp3) is 0.167. The standard InChI is InChI=1S/C24H21ClN4O3S/c1-32-20-11-10-17(13-19(20)25)27-22(30)14-21-23(31)29(15-18-9-5-6-12-26-18)24(33-21)28-16-7-3-2-4-8-16/h2-13,21H,14-15H2,1H3,(H,27,30). The number of halogens is 1. The van der Waals surface area contributed by atoms with E-state index < -0.39 is 5.25 Å². The lowest BCUT2D eigenvalue weighted by Gasteiger charge is -2.16. The quantitative estimate of drug-likeness (QED) is 0.519. The summed E-state index contributed by atoms with van der Waals surface area (Å²) in [5, 5.41) is 3.14. The summed E-state index contributed by atoms with van der Waals surface area (Å²) in [5.74, 6) is 0.0483. The molecule has 1 atom stereocenters. The number of anilines is 1. The average Bonchev–Trinajstić information content (AvgIpc) is 3.09. The van der Waals surface area contributed by atoms with Gasteiger partial charge in [0, 0.05) is 18.3 Å². The van der Waals surface area contributed by atoms with Crippen LogP contribution in [0.1, 0.15) is 12.1 Å². The molecule has 7 nitrogen and oxygen atoms in total. The zero-order valence-corrected chi connectivity index (χ0v) is 19.3. The molecule has 9 heteroatoms. The van der Waals surface area contributed by atoms with Crippen LogP contribution in [0.3, 0.4) is 0 Å². The number of aromatic nitrogens is 1. The Balaban J connectivity index is 1.51. The average molecular weight is 481 g/mol. The van der Waals surface area contributed by atoms with Crippen molar-refractivity contribution in [1.82, 2.24) is 9.88 Å². The van der Waals surface area contributed by atoms with Crippen molar-refractivity contribution in [2.24, 2.45) is 4.99 Å². The van der Waals surface area contributed by atoms with Crippen LogP contribution < -0.4 is 10.1 Å². The highest BCUT2D eigenvalue weighted by Gasteiger charge is 2.39. The minimum absolute atomic E-state index is 0.000321. The van der Waals surface area contributed by atoms with Gasteiger partial charge in [0.1, 0.15) is 11.0 Å². The smallest absolute Gasteiger partial charge is 0.243 e. The Morgan fingerprint density at radius 3 is 2.67 bits per heavy atom. The number of nitrogens with zero attached hydrogens (tertiary/aromatic N) is 3. The third-order valence-electron chi connectivity index (χ3n) is 4.85. The maximum atomic E-state index is 13.2. The first-order valence-corrected chi connectivity index (χ1v) is 11.4. The number of carbonyl (C=O) groups is 2. The van der Waals surface area contributed by atoms with Crippen molar-refractivity contribution in [1.29, 1.82) is 0 Å². The zero-order chi connectivity index (χ0) is 23.2. The van der Waals surface area contributed by atoms with Crippen molar-refractivity contribution in [2.75, 3.05) is 12.4 Å². The van der Waals surface area contributed by atoms with Crippen LogP contribution in [-0.4, -0.2) is 39.2 Å².